The molecule has 0 saturated carbocycles. The van der Waals surface area contributed by atoms with Gasteiger partial charge in [-0.05, 0) is 47.4 Å². The Morgan fingerprint density at radius 1 is 1.25 bits per heavy atom. The summed E-state index contributed by atoms with van der Waals surface area (Å²) in [5.74, 6) is 0. The van der Waals surface area contributed by atoms with E-state index in [4.69, 9.17) is 0 Å². The Kier molecular flexibility index (Phi) is 5.81. The van der Waals surface area contributed by atoms with Crippen molar-refractivity contribution >= 4 is 31.9 Å². The number of rotatable bonds is 6. The molecule has 5 heteroatoms. The van der Waals surface area contributed by atoms with Gasteiger partial charge in [0.2, 0.25) is 0 Å². The minimum absolute atomic E-state index is 0.233. The molecule has 0 aliphatic rings. The van der Waals surface area contributed by atoms with E-state index >= 15 is 0 Å². The van der Waals surface area contributed by atoms with E-state index in [0.29, 0.717) is 0 Å². The van der Waals surface area contributed by atoms with Crippen molar-refractivity contribution in [3.8, 4) is 0 Å². The molecule has 0 amide bonds. The summed E-state index contributed by atoms with van der Waals surface area (Å²) in [6.45, 7) is 3.11. The molecule has 3 nitrogen and oxygen atoms in total. The van der Waals surface area contributed by atoms with Crippen LogP contribution in [-0.2, 0) is 13.0 Å². The fraction of sp³-hybridized carbons (Fsp3) is 0.400. The molecule has 1 atom stereocenters. The molecule has 1 aromatic heterocycles. The molecule has 1 heterocycles. The van der Waals surface area contributed by atoms with Crippen LogP contribution in [0.2, 0.25) is 0 Å². The van der Waals surface area contributed by atoms with Crippen LogP contribution in [0.25, 0.3) is 0 Å². The largest absolute Gasteiger partial charge is 0.311 e. The van der Waals surface area contributed by atoms with Crippen molar-refractivity contribution in [2.24, 2.45) is 0 Å². The number of likely N-dealkylation sites (N-methyl/N-ethyl adjacent to an activating group) is 1. The second-order valence-electron chi connectivity index (χ2n) is 4.74. The molecule has 0 fully saturated rings. The summed E-state index contributed by atoms with van der Waals surface area (Å²) < 4.78 is 4.30. The van der Waals surface area contributed by atoms with E-state index in [1.165, 1.54) is 11.3 Å². The summed E-state index contributed by atoms with van der Waals surface area (Å²) >= 11 is 7.25. The predicted molar refractivity (Wildman–Crippen MR) is 89.9 cm³/mol. The van der Waals surface area contributed by atoms with Crippen LogP contribution in [0, 0.1) is 0 Å². The molecule has 0 bridgehead atoms. The molecule has 1 unspecified atom stereocenters. The van der Waals surface area contributed by atoms with Gasteiger partial charge in [-0.15, -0.1) is 0 Å². The maximum absolute atomic E-state index is 4.46. The third-order valence-corrected chi connectivity index (χ3v) is 4.71. The van der Waals surface area contributed by atoms with Crippen LogP contribution in [0.15, 0.2) is 39.4 Å². The predicted octanol–water partition coefficient (Wildman–Crippen LogP) is 4.32. The first kappa shape index (κ1) is 15.7. The number of aryl methyl sites for hydroxylation is 1. The lowest BCUT2D eigenvalue weighted by atomic mass is 10.0. The Bertz CT molecular complexity index is 566. The summed E-state index contributed by atoms with van der Waals surface area (Å²) in [6.07, 6.45) is 3.88. The number of nitrogens with zero attached hydrogens (tertiary/aromatic N) is 2. The van der Waals surface area contributed by atoms with Crippen LogP contribution in [-0.4, -0.2) is 16.8 Å². The zero-order valence-corrected chi connectivity index (χ0v) is 14.9. The summed E-state index contributed by atoms with van der Waals surface area (Å²) in [5.41, 5.74) is 2.51. The van der Waals surface area contributed by atoms with Crippen molar-refractivity contribution in [1.82, 2.24) is 15.1 Å². The molecular formula is C15H19Br2N3. The van der Waals surface area contributed by atoms with Gasteiger partial charge in [0.15, 0.2) is 0 Å². The van der Waals surface area contributed by atoms with Crippen LogP contribution < -0.4 is 5.32 Å². The molecular weight excluding hydrogens is 382 g/mol. The topological polar surface area (TPSA) is 29.9 Å². The van der Waals surface area contributed by atoms with Gasteiger partial charge in [-0.25, -0.2) is 0 Å². The number of aromatic nitrogens is 2. The number of benzene rings is 1. The van der Waals surface area contributed by atoms with Gasteiger partial charge < -0.3 is 5.32 Å². The van der Waals surface area contributed by atoms with E-state index in [2.05, 4.69) is 72.1 Å². The summed E-state index contributed by atoms with van der Waals surface area (Å²) in [6, 6.07) is 8.59. The lowest BCUT2D eigenvalue weighted by Gasteiger charge is -2.19. The molecule has 0 aliphatic heterocycles. The summed E-state index contributed by atoms with van der Waals surface area (Å²) in [5, 5.41) is 7.86. The van der Waals surface area contributed by atoms with E-state index in [1.807, 2.05) is 19.3 Å². The van der Waals surface area contributed by atoms with Gasteiger partial charge in [0.1, 0.15) is 0 Å². The van der Waals surface area contributed by atoms with Crippen molar-refractivity contribution < 1.29 is 0 Å². The Hall–Kier alpha value is -0.650. The zero-order valence-electron chi connectivity index (χ0n) is 11.7. The highest BCUT2D eigenvalue weighted by molar-refractivity contribution is 9.10. The smallest absolute Gasteiger partial charge is 0.0698 e. The van der Waals surface area contributed by atoms with Crippen LogP contribution in [0.5, 0.6) is 0 Å². The molecule has 0 aliphatic carbocycles. The highest BCUT2D eigenvalue weighted by atomic mass is 79.9. The molecule has 0 saturated heterocycles. The van der Waals surface area contributed by atoms with Gasteiger partial charge in [-0.2, -0.15) is 5.10 Å². The molecule has 0 spiro atoms. The monoisotopic (exact) mass is 399 g/mol. The average molecular weight is 401 g/mol. The second kappa shape index (κ2) is 7.38. The van der Waals surface area contributed by atoms with Gasteiger partial charge in [0, 0.05) is 11.0 Å². The van der Waals surface area contributed by atoms with Gasteiger partial charge in [-0.3, -0.25) is 4.68 Å². The molecule has 0 radical (unpaired) electrons. The first-order valence-electron chi connectivity index (χ1n) is 6.79. The third-order valence-electron chi connectivity index (χ3n) is 3.33. The highest BCUT2D eigenvalue weighted by Gasteiger charge is 2.19. The molecule has 1 aromatic carbocycles. The maximum Gasteiger partial charge on any atom is 0.0698 e. The lowest BCUT2D eigenvalue weighted by molar-refractivity contribution is 0.495. The van der Waals surface area contributed by atoms with Gasteiger partial charge in [0.25, 0.3) is 0 Å². The summed E-state index contributed by atoms with van der Waals surface area (Å²) in [4.78, 5) is 0. The van der Waals surface area contributed by atoms with Crippen molar-refractivity contribution in [2.45, 2.75) is 32.4 Å². The number of hydrogen-bond acceptors (Lipinski definition) is 2. The van der Waals surface area contributed by atoms with Crippen LogP contribution in [0.4, 0.5) is 0 Å². The third kappa shape index (κ3) is 3.51. The first-order chi connectivity index (χ1) is 9.67. The number of nitrogens with one attached hydrogen (secondary N) is 1. The van der Waals surface area contributed by atoms with E-state index < -0.39 is 0 Å². The fourth-order valence-electron chi connectivity index (χ4n) is 2.33. The normalized spacial score (nSPS) is 12.6. The Morgan fingerprint density at radius 3 is 2.65 bits per heavy atom. The molecule has 108 valence electrons. The summed E-state index contributed by atoms with van der Waals surface area (Å²) in [7, 11) is 2.00. The maximum atomic E-state index is 4.46. The average Bonchev–Trinajstić information content (AvgIpc) is 2.80. The second-order valence-corrected chi connectivity index (χ2v) is 6.45. The first-order valence-corrected chi connectivity index (χ1v) is 8.37. The quantitative estimate of drug-likeness (QED) is 0.782. The fourth-order valence-corrected chi connectivity index (χ4v) is 3.35. The van der Waals surface area contributed by atoms with Crippen molar-refractivity contribution in [2.75, 3.05) is 7.05 Å². The molecule has 2 rings (SSSR count). The zero-order chi connectivity index (χ0) is 14.5. The van der Waals surface area contributed by atoms with Crippen LogP contribution >= 0.6 is 31.9 Å². The molecule has 20 heavy (non-hydrogen) atoms. The standard InChI is InChI=1S/C15H19Br2N3/c1-3-8-20-15(13(17)10-19-20)14(18-2)9-11-6-4-5-7-12(11)16/h4-7,10,14,18H,3,8-9H2,1-2H3. The van der Waals surface area contributed by atoms with Crippen molar-refractivity contribution in [3.63, 3.8) is 0 Å². The lowest BCUT2D eigenvalue weighted by Crippen LogP contribution is -2.23. The van der Waals surface area contributed by atoms with Gasteiger partial charge in [-0.1, -0.05) is 41.1 Å². The van der Waals surface area contributed by atoms with Gasteiger partial charge in [0.05, 0.1) is 22.4 Å². The molecule has 2 aromatic rings. The van der Waals surface area contributed by atoms with E-state index in [1.54, 1.807) is 0 Å². The van der Waals surface area contributed by atoms with E-state index in [9.17, 15) is 0 Å². The Labute approximate surface area is 137 Å². The Balaban J connectivity index is 2.29. The van der Waals surface area contributed by atoms with Crippen molar-refractivity contribution in [1.29, 1.82) is 0 Å². The number of halogens is 2. The minimum Gasteiger partial charge on any atom is -0.311 e. The van der Waals surface area contributed by atoms with Crippen LogP contribution in [0.3, 0.4) is 0 Å². The van der Waals surface area contributed by atoms with E-state index in [-0.39, 0.29) is 6.04 Å². The minimum atomic E-state index is 0.233. The van der Waals surface area contributed by atoms with E-state index in [0.717, 1.165) is 28.3 Å². The Morgan fingerprint density at radius 2 is 2.00 bits per heavy atom. The van der Waals surface area contributed by atoms with Crippen molar-refractivity contribution in [3.05, 3.63) is 50.7 Å². The highest BCUT2D eigenvalue weighted by Crippen LogP contribution is 2.28. The van der Waals surface area contributed by atoms with Crippen LogP contribution in [0.1, 0.15) is 30.6 Å². The SMILES string of the molecule is CCCn1ncc(Br)c1C(Cc1ccccc1Br)NC. The number of hydrogen-bond donors (Lipinski definition) is 1. The molecule has 1 N–H and O–H groups in total. The van der Waals surface area contributed by atoms with Gasteiger partial charge >= 0.3 is 0 Å².